The Bertz CT molecular complexity index is 906. The molecule has 7 heteroatoms. The van der Waals surface area contributed by atoms with Crippen molar-refractivity contribution in [3.63, 3.8) is 0 Å². The molecule has 0 bridgehead atoms. The maximum atomic E-state index is 12.7. The fourth-order valence-electron chi connectivity index (χ4n) is 3.67. The molecule has 0 spiro atoms. The van der Waals surface area contributed by atoms with Crippen molar-refractivity contribution in [2.24, 2.45) is 0 Å². The van der Waals surface area contributed by atoms with Gasteiger partial charge in [-0.25, -0.2) is 9.97 Å². The molecule has 140 valence electrons. The molecule has 1 aliphatic heterocycles. The quantitative estimate of drug-likeness (QED) is 0.736. The van der Waals surface area contributed by atoms with Crippen LogP contribution in [-0.2, 0) is 17.8 Å². The van der Waals surface area contributed by atoms with Crippen LogP contribution in [0.1, 0.15) is 35.8 Å². The van der Waals surface area contributed by atoms with Crippen molar-refractivity contribution in [2.75, 3.05) is 13.1 Å². The molecule has 1 N–H and O–H groups in total. The van der Waals surface area contributed by atoms with Gasteiger partial charge < -0.3 is 14.6 Å². The molecule has 4 rings (SSSR count). The monoisotopic (exact) mass is 382 g/mol. The van der Waals surface area contributed by atoms with Crippen LogP contribution >= 0.6 is 11.3 Å². The number of aromatic hydroxyl groups is 1. The molecule has 2 aromatic heterocycles. The second kappa shape index (κ2) is 7.92. The molecule has 1 aromatic carbocycles. The molecule has 1 saturated heterocycles. The average molecular weight is 382 g/mol. The molecule has 3 heterocycles. The van der Waals surface area contributed by atoms with Gasteiger partial charge in [-0.1, -0.05) is 12.1 Å². The predicted molar refractivity (Wildman–Crippen MR) is 104 cm³/mol. The Morgan fingerprint density at radius 3 is 3.07 bits per heavy atom. The van der Waals surface area contributed by atoms with Gasteiger partial charge in [-0.3, -0.25) is 4.79 Å². The summed E-state index contributed by atoms with van der Waals surface area (Å²) >= 11 is 1.59. The Hall–Kier alpha value is -2.67. The number of amides is 1. The maximum Gasteiger partial charge on any atom is 0.227 e. The Balaban J connectivity index is 1.44. The van der Waals surface area contributed by atoms with E-state index in [2.05, 4.69) is 19.9 Å². The van der Waals surface area contributed by atoms with Crippen molar-refractivity contribution in [1.29, 1.82) is 0 Å². The van der Waals surface area contributed by atoms with Crippen LogP contribution in [0.25, 0.3) is 0 Å². The van der Waals surface area contributed by atoms with Gasteiger partial charge >= 0.3 is 0 Å². The van der Waals surface area contributed by atoms with Crippen molar-refractivity contribution >= 4 is 17.2 Å². The molecule has 6 nitrogen and oxygen atoms in total. The SMILES string of the molecule is O=C(Cc1cccc(O)c1)N1CCC[C@H](c2nccn2Cc2cscn2)C1. The summed E-state index contributed by atoms with van der Waals surface area (Å²) in [5, 5.41) is 11.7. The second-order valence-electron chi connectivity index (χ2n) is 6.92. The summed E-state index contributed by atoms with van der Waals surface area (Å²) in [6.07, 6.45) is 6.13. The van der Waals surface area contributed by atoms with E-state index in [0.717, 1.165) is 36.5 Å². The van der Waals surface area contributed by atoms with E-state index in [1.807, 2.05) is 28.9 Å². The molecule has 0 saturated carbocycles. The minimum atomic E-state index is 0.0999. The number of imidazole rings is 1. The average Bonchev–Trinajstić information content (AvgIpc) is 3.34. The van der Waals surface area contributed by atoms with E-state index in [1.54, 1.807) is 29.5 Å². The van der Waals surface area contributed by atoms with Gasteiger partial charge in [-0.2, -0.15) is 0 Å². The Morgan fingerprint density at radius 2 is 2.26 bits per heavy atom. The highest BCUT2D eigenvalue weighted by Crippen LogP contribution is 2.27. The molecule has 1 aliphatic rings. The number of hydrogen-bond donors (Lipinski definition) is 1. The summed E-state index contributed by atoms with van der Waals surface area (Å²) in [6.45, 7) is 2.18. The number of phenols is 1. The van der Waals surface area contributed by atoms with E-state index in [-0.39, 0.29) is 17.6 Å². The van der Waals surface area contributed by atoms with Crippen molar-refractivity contribution in [3.8, 4) is 5.75 Å². The molecule has 3 aromatic rings. The van der Waals surface area contributed by atoms with E-state index in [4.69, 9.17) is 0 Å². The number of nitrogens with zero attached hydrogens (tertiary/aromatic N) is 4. The van der Waals surface area contributed by atoms with Gasteiger partial charge in [0.1, 0.15) is 11.6 Å². The summed E-state index contributed by atoms with van der Waals surface area (Å²) in [5.74, 6) is 1.56. The number of carbonyl (C=O) groups excluding carboxylic acids is 1. The number of piperidine rings is 1. The number of aromatic nitrogens is 3. The first-order valence-electron chi connectivity index (χ1n) is 9.13. The molecular weight excluding hydrogens is 360 g/mol. The lowest BCUT2D eigenvalue weighted by Gasteiger charge is -2.32. The third-order valence-electron chi connectivity index (χ3n) is 4.97. The van der Waals surface area contributed by atoms with E-state index >= 15 is 0 Å². The zero-order valence-electron chi connectivity index (χ0n) is 15.0. The molecule has 1 atom stereocenters. The molecular formula is C20H22N4O2S. The second-order valence-corrected chi connectivity index (χ2v) is 7.64. The summed E-state index contributed by atoms with van der Waals surface area (Å²) < 4.78 is 2.14. The third-order valence-corrected chi connectivity index (χ3v) is 5.60. The number of thiazole rings is 1. The number of carbonyl (C=O) groups is 1. The highest BCUT2D eigenvalue weighted by atomic mass is 32.1. The number of rotatable bonds is 5. The highest BCUT2D eigenvalue weighted by Gasteiger charge is 2.27. The van der Waals surface area contributed by atoms with Crippen LogP contribution in [0.4, 0.5) is 0 Å². The highest BCUT2D eigenvalue weighted by molar-refractivity contribution is 7.07. The Kier molecular flexibility index (Phi) is 5.20. The molecule has 1 fully saturated rings. The predicted octanol–water partition coefficient (Wildman–Crippen LogP) is 3.04. The van der Waals surface area contributed by atoms with Crippen LogP contribution in [0, 0.1) is 0 Å². The number of hydrogen-bond acceptors (Lipinski definition) is 5. The molecule has 0 radical (unpaired) electrons. The van der Waals surface area contributed by atoms with Crippen LogP contribution in [0.3, 0.4) is 0 Å². The van der Waals surface area contributed by atoms with Gasteiger partial charge in [0.15, 0.2) is 0 Å². The Labute approximate surface area is 162 Å². The van der Waals surface area contributed by atoms with Gasteiger partial charge in [0.05, 0.1) is 24.2 Å². The minimum Gasteiger partial charge on any atom is -0.508 e. The topological polar surface area (TPSA) is 71.2 Å². The fraction of sp³-hybridized carbons (Fsp3) is 0.350. The van der Waals surface area contributed by atoms with E-state index in [0.29, 0.717) is 19.5 Å². The molecule has 27 heavy (non-hydrogen) atoms. The van der Waals surface area contributed by atoms with Crippen LogP contribution in [0.5, 0.6) is 5.75 Å². The van der Waals surface area contributed by atoms with Gasteiger partial charge in [0, 0.05) is 36.8 Å². The van der Waals surface area contributed by atoms with Crippen LogP contribution in [-0.4, -0.2) is 43.5 Å². The van der Waals surface area contributed by atoms with Crippen LogP contribution < -0.4 is 0 Å². The maximum absolute atomic E-state index is 12.7. The first-order valence-corrected chi connectivity index (χ1v) is 10.1. The fourth-order valence-corrected chi connectivity index (χ4v) is 4.22. The van der Waals surface area contributed by atoms with E-state index in [9.17, 15) is 9.90 Å². The smallest absolute Gasteiger partial charge is 0.227 e. The first-order chi connectivity index (χ1) is 13.2. The van der Waals surface area contributed by atoms with Gasteiger partial charge in [0.2, 0.25) is 5.91 Å². The van der Waals surface area contributed by atoms with Gasteiger partial charge in [-0.15, -0.1) is 11.3 Å². The normalized spacial score (nSPS) is 17.2. The number of benzene rings is 1. The minimum absolute atomic E-state index is 0.0999. The molecule has 0 aliphatic carbocycles. The van der Waals surface area contributed by atoms with Gasteiger partial charge in [-0.05, 0) is 30.5 Å². The summed E-state index contributed by atoms with van der Waals surface area (Å²) in [5.41, 5.74) is 3.72. The lowest BCUT2D eigenvalue weighted by molar-refractivity contribution is -0.131. The summed E-state index contributed by atoms with van der Waals surface area (Å²) in [7, 11) is 0. The standard InChI is InChI=1S/C20H22N4O2S/c25-18-5-1-3-15(9-18)10-19(26)23-7-2-4-16(11-23)20-21-6-8-24(20)12-17-13-27-14-22-17/h1,3,5-6,8-9,13-14,16,25H,2,4,7,10-12H2/t16-/m0/s1. The molecule has 1 amide bonds. The lowest BCUT2D eigenvalue weighted by atomic mass is 9.96. The zero-order chi connectivity index (χ0) is 18.6. The van der Waals surface area contributed by atoms with Crippen molar-refractivity contribution in [1.82, 2.24) is 19.4 Å². The third kappa shape index (κ3) is 4.19. The number of phenolic OH excluding ortho intramolecular Hbond substituents is 1. The Morgan fingerprint density at radius 1 is 1.33 bits per heavy atom. The van der Waals surface area contributed by atoms with E-state index in [1.165, 1.54) is 0 Å². The van der Waals surface area contributed by atoms with Gasteiger partial charge in [0.25, 0.3) is 0 Å². The lowest BCUT2D eigenvalue weighted by Crippen LogP contribution is -2.40. The summed E-state index contributed by atoms with van der Waals surface area (Å²) in [6, 6.07) is 6.92. The van der Waals surface area contributed by atoms with Crippen LogP contribution in [0.15, 0.2) is 47.5 Å². The zero-order valence-corrected chi connectivity index (χ0v) is 15.8. The van der Waals surface area contributed by atoms with Crippen LogP contribution in [0.2, 0.25) is 0 Å². The van der Waals surface area contributed by atoms with Crippen molar-refractivity contribution in [2.45, 2.75) is 31.7 Å². The van der Waals surface area contributed by atoms with E-state index < -0.39 is 0 Å². The molecule has 0 unspecified atom stereocenters. The largest absolute Gasteiger partial charge is 0.508 e. The van der Waals surface area contributed by atoms with Crippen molar-refractivity contribution < 1.29 is 9.90 Å². The number of likely N-dealkylation sites (tertiary alicyclic amines) is 1. The first kappa shape index (κ1) is 17.7. The van der Waals surface area contributed by atoms with Crippen molar-refractivity contribution in [3.05, 3.63) is 64.6 Å². The summed E-state index contributed by atoms with van der Waals surface area (Å²) in [4.78, 5) is 23.6.